The molecule has 1 saturated heterocycles. The number of Topliss-reactive ketones (excluding diaryl/α,β-unsaturated/α-hetero) is 3. The first kappa shape index (κ1) is 26.2. The maximum absolute atomic E-state index is 14.9. The molecule has 0 saturated carbocycles. The summed E-state index contributed by atoms with van der Waals surface area (Å²) in [5.74, 6) is -0.900. The van der Waals surface area contributed by atoms with Gasteiger partial charge >= 0.3 is 0 Å². The lowest BCUT2D eigenvalue weighted by atomic mass is 9.64. The van der Waals surface area contributed by atoms with E-state index >= 15 is 0 Å². The van der Waals surface area contributed by atoms with Crippen LogP contribution in [0.15, 0.2) is 97.1 Å². The molecule has 42 heavy (non-hydrogen) atoms. The Morgan fingerprint density at radius 3 is 2.19 bits per heavy atom. The number of hydrogen-bond acceptors (Lipinski definition) is 6. The van der Waals surface area contributed by atoms with Crippen LogP contribution >= 0.6 is 11.6 Å². The summed E-state index contributed by atoms with van der Waals surface area (Å²) >= 11 is 6.62. The molecule has 3 atom stereocenters. The number of nitrogens with zero attached hydrogens (tertiary/aromatic N) is 1. The Bertz CT molecular complexity index is 1790. The molecular weight excluding hydrogens is 550 g/mol. The van der Waals surface area contributed by atoms with Crippen molar-refractivity contribution in [3.05, 3.63) is 130 Å². The molecule has 4 aromatic carbocycles. The molecule has 2 aliphatic heterocycles. The molecule has 2 heterocycles. The van der Waals surface area contributed by atoms with Gasteiger partial charge in [-0.15, -0.1) is 0 Å². The van der Waals surface area contributed by atoms with E-state index in [1.54, 1.807) is 73.8 Å². The summed E-state index contributed by atoms with van der Waals surface area (Å²) in [4.78, 5) is 46.4. The van der Waals surface area contributed by atoms with Crippen molar-refractivity contribution in [3.8, 4) is 11.5 Å². The number of anilines is 1. The van der Waals surface area contributed by atoms with E-state index in [0.717, 1.165) is 11.3 Å². The molecule has 1 spiro atoms. The van der Waals surface area contributed by atoms with Gasteiger partial charge in [0, 0.05) is 33.9 Å². The van der Waals surface area contributed by atoms with Crippen LogP contribution in [-0.2, 0) is 0 Å². The van der Waals surface area contributed by atoms with Gasteiger partial charge in [-0.1, -0.05) is 78.4 Å². The predicted octanol–water partition coefficient (Wildman–Crippen LogP) is 6.67. The van der Waals surface area contributed by atoms with Crippen LogP contribution in [0.3, 0.4) is 0 Å². The molecule has 0 radical (unpaired) electrons. The molecule has 0 N–H and O–H groups in total. The van der Waals surface area contributed by atoms with Crippen LogP contribution in [-0.4, -0.2) is 43.7 Å². The number of fused-ring (bicyclic) bond motifs is 5. The Hall–Kier alpha value is -4.68. The van der Waals surface area contributed by atoms with Gasteiger partial charge < -0.3 is 14.4 Å². The van der Waals surface area contributed by atoms with Crippen molar-refractivity contribution in [2.24, 2.45) is 5.41 Å². The van der Waals surface area contributed by atoms with Crippen LogP contribution in [0, 0.1) is 5.41 Å². The zero-order valence-corrected chi connectivity index (χ0v) is 23.7. The molecular formula is C35H26ClNO5. The lowest BCUT2D eigenvalue weighted by Gasteiger charge is -2.37. The van der Waals surface area contributed by atoms with Gasteiger partial charge in [-0.2, -0.15) is 0 Å². The third-order valence-corrected chi connectivity index (χ3v) is 9.22. The highest BCUT2D eigenvalue weighted by Gasteiger charge is 2.72. The summed E-state index contributed by atoms with van der Waals surface area (Å²) in [5.41, 5.74) is 1.55. The van der Waals surface area contributed by atoms with Crippen molar-refractivity contribution < 1.29 is 23.9 Å². The number of para-hydroxylation sites is 1. The van der Waals surface area contributed by atoms with Gasteiger partial charge in [0.1, 0.15) is 23.0 Å². The lowest BCUT2D eigenvalue weighted by Crippen LogP contribution is -2.48. The van der Waals surface area contributed by atoms with E-state index in [2.05, 4.69) is 0 Å². The van der Waals surface area contributed by atoms with E-state index in [4.69, 9.17) is 21.1 Å². The lowest BCUT2D eigenvalue weighted by molar-refractivity contribution is 0.0664. The van der Waals surface area contributed by atoms with Crippen molar-refractivity contribution in [1.29, 1.82) is 0 Å². The summed E-state index contributed by atoms with van der Waals surface area (Å²) in [7, 11) is 3.08. The van der Waals surface area contributed by atoms with E-state index < -0.39 is 23.4 Å². The fourth-order valence-corrected chi connectivity index (χ4v) is 7.39. The second-order valence-electron chi connectivity index (χ2n) is 10.7. The normalized spacial score (nSPS) is 21.2. The zero-order chi connectivity index (χ0) is 29.2. The third kappa shape index (κ3) is 3.42. The maximum atomic E-state index is 14.9. The fourth-order valence-electron chi connectivity index (χ4n) is 7.16. The zero-order valence-electron chi connectivity index (χ0n) is 22.9. The Morgan fingerprint density at radius 2 is 1.50 bits per heavy atom. The Morgan fingerprint density at radius 1 is 0.833 bits per heavy atom. The van der Waals surface area contributed by atoms with E-state index in [1.165, 1.54) is 7.11 Å². The quantitative estimate of drug-likeness (QED) is 0.195. The van der Waals surface area contributed by atoms with Crippen LogP contribution in [0.4, 0.5) is 5.69 Å². The minimum absolute atomic E-state index is 0.293. The van der Waals surface area contributed by atoms with Gasteiger partial charge in [0.05, 0.1) is 25.3 Å². The van der Waals surface area contributed by atoms with Crippen LogP contribution in [0.1, 0.15) is 48.1 Å². The first-order valence-electron chi connectivity index (χ1n) is 13.7. The average molecular weight is 576 g/mol. The third-order valence-electron chi connectivity index (χ3n) is 8.89. The van der Waals surface area contributed by atoms with Gasteiger partial charge in [0.15, 0.2) is 17.3 Å². The van der Waals surface area contributed by atoms with Gasteiger partial charge in [0.25, 0.3) is 0 Å². The Kier molecular flexibility index (Phi) is 6.06. The first-order chi connectivity index (χ1) is 20.4. The smallest absolute Gasteiger partial charge is 0.187 e. The topological polar surface area (TPSA) is 72.9 Å². The van der Waals surface area contributed by atoms with Crippen molar-refractivity contribution in [2.45, 2.75) is 18.0 Å². The number of ketones is 3. The Labute approximate surface area is 248 Å². The number of benzene rings is 4. The van der Waals surface area contributed by atoms with E-state index in [-0.39, 0.29) is 17.3 Å². The molecule has 7 rings (SSSR count). The molecule has 0 bridgehead atoms. The second kappa shape index (κ2) is 9.71. The number of hydrogen-bond donors (Lipinski definition) is 0. The van der Waals surface area contributed by atoms with Crippen LogP contribution in [0.2, 0.25) is 5.02 Å². The van der Waals surface area contributed by atoms with E-state index in [9.17, 15) is 14.4 Å². The van der Waals surface area contributed by atoms with Crippen LogP contribution in [0.5, 0.6) is 11.5 Å². The molecule has 0 amide bonds. The highest BCUT2D eigenvalue weighted by atomic mass is 35.5. The maximum Gasteiger partial charge on any atom is 0.187 e. The van der Waals surface area contributed by atoms with Gasteiger partial charge in [-0.25, -0.2) is 0 Å². The molecule has 4 aromatic rings. The predicted molar refractivity (Wildman–Crippen MR) is 161 cm³/mol. The number of carbonyl (C=O) groups is 3. The molecule has 1 fully saturated rings. The summed E-state index contributed by atoms with van der Waals surface area (Å²) < 4.78 is 11.4. The summed E-state index contributed by atoms with van der Waals surface area (Å²) in [5, 5.41) is 0.296. The fraction of sp³-hybridized carbons (Fsp3) is 0.171. The molecule has 0 aromatic heterocycles. The highest BCUT2D eigenvalue weighted by Crippen LogP contribution is 2.62. The number of ether oxygens (including phenoxy) is 2. The van der Waals surface area contributed by atoms with Gasteiger partial charge in [-0.05, 0) is 42.0 Å². The van der Waals surface area contributed by atoms with Gasteiger partial charge in [-0.3, -0.25) is 14.4 Å². The largest absolute Gasteiger partial charge is 0.497 e. The van der Waals surface area contributed by atoms with Crippen molar-refractivity contribution in [2.75, 3.05) is 19.1 Å². The van der Waals surface area contributed by atoms with E-state index in [0.29, 0.717) is 38.8 Å². The monoisotopic (exact) mass is 575 g/mol. The highest BCUT2D eigenvalue weighted by molar-refractivity contribution is 6.35. The molecule has 7 heteroatoms. The van der Waals surface area contributed by atoms with Crippen LogP contribution < -0.4 is 14.4 Å². The second-order valence-corrected chi connectivity index (χ2v) is 11.1. The molecule has 1 aliphatic carbocycles. The summed E-state index contributed by atoms with van der Waals surface area (Å²) in [6.45, 7) is 0. The van der Waals surface area contributed by atoms with Crippen molar-refractivity contribution in [3.63, 3.8) is 0 Å². The van der Waals surface area contributed by atoms with Crippen molar-refractivity contribution >= 4 is 40.7 Å². The molecule has 0 unspecified atom stereocenters. The van der Waals surface area contributed by atoms with Gasteiger partial charge in [0.2, 0.25) is 0 Å². The molecule has 6 nitrogen and oxygen atoms in total. The average Bonchev–Trinajstić information content (AvgIpc) is 3.46. The first-order valence-corrected chi connectivity index (χ1v) is 14.1. The number of rotatable bonds is 5. The number of carbonyl (C=O) groups excluding carboxylic acids is 3. The molecule has 208 valence electrons. The van der Waals surface area contributed by atoms with Crippen molar-refractivity contribution in [1.82, 2.24) is 0 Å². The summed E-state index contributed by atoms with van der Waals surface area (Å²) in [6.07, 6.45) is 3.83. The Balaban J connectivity index is 1.60. The van der Waals surface area contributed by atoms with Crippen LogP contribution in [0.25, 0.3) is 6.08 Å². The minimum atomic E-state index is -1.66. The standard InChI is InChI=1S/C35H26ClNO5/c1-41-21-16-17-28(42-2)25(19-21)30-31(32(38)24-12-6-7-13-26(24)36)37-27-14-8-3-9-20(27)15-18-29(37)35(30)33(39)22-10-4-5-11-23(22)34(35)40/h3-19,29-31H,1-2H3/t29-,30+,31+/m0/s1. The number of methoxy groups -OCH3 is 2. The minimum Gasteiger partial charge on any atom is -0.497 e. The summed E-state index contributed by atoms with van der Waals surface area (Å²) in [6, 6.07) is 25.0. The molecule has 3 aliphatic rings. The number of halogens is 1. The van der Waals surface area contributed by atoms with E-state index in [1.807, 2.05) is 41.3 Å². The SMILES string of the molecule is COc1ccc(OC)c([C@@H]2[C@H](C(=O)c3ccccc3Cl)N3c4ccccc4C=C[C@H]3C23C(=O)c2ccccc2C3=O)c1.